The molecule has 0 saturated heterocycles. The van der Waals surface area contributed by atoms with Crippen molar-refractivity contribution in [2.45, 2.75) is 13.3 Å². The Kier molecular flexibility index (Phi) is 3.79. The van der Waals surface area contributed by atoms with E-state index < -0.39 is 0 Å². The lowest BCUT2D eigenvalue weighted by Gasteiger charge is -2.03. The van der Waals surface area contributed by atoms with Crippen LogP contribution in [0.25, 0.3) is 0 Å². The highest BCUT2D eigenvalue weighted by Crippen LogP contribution is 2.16. The zero-order valence-corrected chi connectivity index (χ0v) is 10.2. The average molecular weight is 247 g/mol. The number of para-hydroxylation sites is 1. The molecule has 0 amide bonds. The van der Waals surface area contributed by atoms with Gasteiger partial charge in [-0.05, 0) is 30.1 Å². The van der Waals surface area contributed by atoms with E-state index in [1.165, 1.54) is 11.5 Å². The summed E-state index contributed by atoms with van der Waals surface area (Å²) in [4.78, 5) is 5.33. The normalized spacial score (nSPS) is 11.5. The molecule has 0 aliphatic heterocycles. The molecule has 6 heteroatoms. The number of hydrogen-bond donors (Lipinski definition) is 2. The van der Waals surface area contributed by atoms with Gasteiger partial charge in [-0.3, -0.25) is 0 Å². The summed E-state index contributed by atoms with van der Waals surface area (Å²) in [5.74, 6) is 6.11. The number of aryl methyl sites for hydroxylation is 1. The van der Waals surface area contributed by atoms with Crippen molar-refractivity contribution in [1.82, 2.24) is 15.0 Å². The van der Waals surface area contributed by atoms with Crippen LogP contribution in [0.2, 0.25) is 0 Å². The molecule has 0 saturated carbocycles. The van der Waals surface area contributed by atoms with Gasteiger partial charge in [0.05, 0.1) is 11.4 Å². The number of hydrogen-bond acceptors (Lipinski definition) is 5. The number of nitrogens with two attached hydrogens (primary N) is 1. The summed E-state index contributed by atoms with van der Waals surface area (Å²) in [7, 11) is 0. The Bertz CT molecular complexity index is 506. The summed E-state index contributed by atoms with van der Waals surface area (Å²) in [6, 6.07) is 9.63. The van der Waals surface area contributed by atoms with Crippen molar-refractivity contribution in [3.63, 3.8) is 0 Å². The third-order valence-electron chi connectivity index (χ3n) is 2.24. The van der Waals surface area contributed by atoms with Gasteiger partial charge in [-0.1, -0.05) is 29.6 Å². The maximum Gasteiger partial charge on any atom is 0.161 e. The molecule has 1 aromatic carbocycles. The van der Waals surface area contributed by atoms with Crippen LogP contribution >= 0.6 is 11.5 Å². The van der Waals surface area contributed by atoms with Crippen molar-refractivity contribution in [2.75, 3.05) is 0 Å². The van der Waals surface area contributed by atoms with Crippen molar-refractivity contribution in [3.05, 3.63) is 40.9 Å². The third kappa shape index (κ3) is 2.66. The predicted molar refractivity (Wildman–Crippen MR) is 69.2 cm³/mol. The molecule has 88 valence electrons. The number of benzene rings is 1. The van der Waals surface area contributed by atoms with E-state index in [0.717, 1.165) is 22.7 Å². The fraction of sp³-hybridized carbons (Fsp3) is 0.182. The number of aromatic nitrogens is 2. The molecule has 5 nitrogen and oxygen atoms in total. The maximum absolute atomic E-state index is 5.51. The second-order valence-corrected chi connectivity index (χ2v) is 4.10. The zero-order valence-electron chi connectivity index (χ0n) is 9.42. The van der Waals surface area contributed by atoms with Crippen molar-refractivity contribution in [1.29, 1.82) is 0 Å². The van der Waals surface area contributed by atoms with Gasteiger partial charge >= 0.3 is 0 Å². The topological polar surface area (TPSA) is 76.2 Å². The van der Waals surface area contributed by atoms with Crippen molar-refractivity contribution < 1.29 is 0 Å². The fourth-order valence-corrected chi connectivity index (χ4v) is 2.10. The van der Waals surface area contributed by atoms with Crippen LogP contribution in [0, 0.1) is 0 Å². The van der Waals surface area contributed by atoms with Gasteiger partial charge in [0.25, 0.3) is 0 Å². The van der Waals surface area contributed by atoms with E-state index >= 15 is 0 Å². The lowest BCUT2D eigenvalue weighted by molar-refractivity contribution is 0.973. The summed E-state index contributed by atoms with van der Waals surface area (Å²) >= 11 is 1.29. The second kappa shape index (κ2) is 5.51. The Morgan fingerprint density at radius 2 is 2.18 bits per heavy atom. The molecule has 0 unspecified atom stereocenters. The van der Waals surface area contributed by atoms with E-state index in [1.54, 1.807) is 0 Å². The molecular formula is C11H13N5S. The monoisotopic (exact) mass is 247 g/mol. The van der Waals surface area contributed by atoms with Crippen molar-refractivity contribution in [3.8, 4) is 0 Å². The molecule has 0 bridgehead atoms. The molecule has 0 atom stereocenters. The summed E-state index contributed by atoms with van der Waals surface area (Å²) in [5, 5.41) is 4.04. The van der Waals surface area contributed by atoms with E-state index in [1.807, 2.05) is 37.3 Å². The van der Waals surface area contributed by atoms with Crippen LogP contribution in [0.3, 0.4) is 0 Å². The highest BCUT2D eigenvalue weighted by atomic mass is 32.1. The van der Waals surface area contributed by atoms with Gasteiger partial charge in [0, 0.05) is 0 Å². The molecule has 1 aromatic heterocycles. The summed E-state index contributed by atoms with van der Waals surface area (Å²) in [6.45, 7) is 2.02. The fourth-order valence-electron chi connectivity index (χ4n) is 1.40. The Morgan fingerprint density at radius 1 is 1.41 bits per heavy atom. The first-order chi connectivity index (χ1) is 8.35. The molecule has 0 radical (unpaired) electrons. The van der Waals surface area contributed by atoms with Gasteiger partial charge in [0.1, 0.15) is 4.88 Å². The minimum Gasteiger partial charge on any atom is -0.307 e. The number of nitrogens with one attached hydrogen (secondary N) is 1. The van der Waals surface area contributed by atoms with Crippen molar-refractivity contribution >= 4 is 23.1 Å². The lowest BCUT2D eigenvalue weighted by Crippen LogP contribution is -2.31. The van der Waals surface area contributed by atoms with Gasteiger partial charge in [0.15, 0.2) is 5.84 Å². The Labute approximate surface area is 104 Å². The molecule has 0 aliphatic rings. The third-order valence-corrected chi connectivity index (χ3v) is 3.01. The standard InChI is InChI=1S/C11H13N5S/c1-2-9-10(17-16-15-9)11(14-12)13-8-6-4-3-5-7-8/h3-7H,2,12H2,1H3,(H,13,14). The van der Waals surface area contributed by atoms with Gasteiger partial charge in [-0.2, -0.15) is 0 Å². The molecular weight excluding hydrogens is 234 g/mol. The SMILES string of the molecule is CCc1nnsc1C(=Nc1ccccc1)NN. The molecule has 3 N–H and O–H groups in total. The number of amidine groups is 1. The zero-order chi connectivity index (χ0) is 12.1. The highest BCUT2D eigenvalue weighted by Gasteiger charge is 2.11. The van der Waals surface area contributed by atoms with E-state index in [9.17, 15) is 0 Å². The van der Waals surface area contributed by atoms with E-state index in [2.05, 4.69) is 20.0 Å². The largest absolute Gasteiger partial charge is 0.307 e. The molecule has 0 fully saturated rings. The Morgan fingerprint density at radius 3 is 2.82 bits per heavy atom. The second-order valence-electron chi connectivity index (χ2n) is 3.34. The van der Waals surface area contributed by atoms with Crippen LogP contribution in [0.5, 0.6) is 0 Å². The molecule has 1 heterocycles. The van der Waals surface area contributed by atoms with E-state index in [0.29, 0.717) is 5.84 Å². The number of hydrazine groups is 1. The molecule has 0 spiro atoms. The minimum atomic E-state index is 0.600. The predicted octanol–water partition coefficient (Wildman–Crippen LogP) is 1.64. The molecule has 2 aromatic rings. The Hall–Kier alpha value is -1.79. The van der Waals surface area contributed by atoms with E-state index in [4.69, 9.17) is 5.84 Å². The molecule has 2 rings (SSSR count). The minimum absolute atomic E-state index is 0.600. The summed E-state index contributed by atoms with van der Waals surface area (Å²) < 4.78 is 3.92. The lowest BCUT2D eigenvalue weighted by atomic mass is 10.3. The van der Waals surface area contributed by atoms with Crippen molar-refractivity contribution in [2.24, 2.45) is 10.8 Å². The first kappa shape index (κ1) is 11.7. The van der Waals surface area contributed by atoms with Crippen LogP contribution in [0.4, 0.5) is 5.69 Å². The van der Waals surface area contributed by atoms with Crippen LogP contribution < -0.4 is 11.3 Å². The molecule has 0 aliphatic carbocycles. The summed E-state index contributed by atoms with van der Waals surface area (Å²) in [5.41, 5.74) is 4.36. The number of rotatable bonds is 3. The first-order valence-corrected chi connectivity index (χ1v) is 6.04. The van der Waals surface area contributed by atoms with Crippen LogP contribution in [0.1, 0.15) is 17.5 Å². The number of nitrogens with zero attached hydrogens (tertiary/aromatic N) is 3. The quantitative estimate of drug-likeness (QED) is 0.374. The van der Waals surface area contributed by atoms with Crippen LogP contribution in [0.15, 0.2) is 35.3 Å². The smallest absolute Gasteiger partial charge is 0.161 e. The van der Waals surface area contributed by atoms with Gasteiger partial charge < -0.3 is 5.43 Å². The average Bonchev–Trinajstić information content (AvgIpc) is 2.85. The highest BCUT2D eigenvalue weighted by molar-refractivity contribution is 7.08. The van der Waals surface area contributed by atoms with Gasteiger partial charge in [-0.15, -0.1) is 5.10 Å². The van der Waals surface area contributed by atoms with Gasteiger partial charge in [0.2, 0.25) is 0 Å². The first-order valence-electron chi connectivity index (χ1n) is 5.27. The van der Waals surface area contributed by atoms with Crippen LogP contribution in [-0.4, -0.2) is 15.4 Å². The van der Waals surface area contributed by atoms with Crippen LogP contribution in [-0.2, 0) is 6.42 Å². The maximum atomic E-state index is 5.51. The summed E-state index contributed by atoms with van der Waals surface area (Å²) in [6.07, 6.45) is 0.807. The number of aliphatic imine (C=N–C) groups is 1. The van der Waals surface area contributed by atoms with E-state index in [-0.39, 0.29) is 0 Å². The van der Waals surface area contributed by atoms with Gasteiger partial charge in [-0.25, -0.2) is 10.8 Å². The Balaban J connectivity index is 2.37. The molecule has 17 heavy (non-hydrogen) atoms.